The number of hydrogen-bond acceptors (Lipinski definition) is 4. The maximum absolute atomic E-state index is 12.5. The van der Waals surface area contributed by atoms with Crippen LogP contribution in [0, 0.1) is 5.92 Å². The highest BCUT2D eigenvalue weighted by Gasteiger charge is 2.31. The van der Waals surface area contributed by atoms with Gasteiger partial charge in [-0.05, 0) is 43.0 Å². The van der Waals surface area contributed by atoms with Gasteiger partial charge >= 0.3 is 0 Å². The molecular weight excluding hydrogens is 268 g/mol. The van der Waals surface area contributed by atoms with Crippen LogP contribution < -0.4 is 5.73 Å². The molecule has 21 heavy (non-hydrogen) atoms. The summed E-state index contributed by atoms with van der Waals surface area (Å²) >= 11 is 0. The standard InChI is InChI=1S/C16H20N2O3/c17-15(12-5-6-12)9-16(19)18(10-13-3-1-7-20-13)11-14-4-2-8-21-14/h1-4,7-8,12,15H,5-6,9-11,17H2. The zero-order valence-corrected chi connectivity index (χ0v) is 11.9. The maximum atomic E-state index is 12.5. The second kappa shape index (κ2) is 6.18. The molecule has 5 nitrogen and oxygen atoms in total. The Labute approximate surface area is 123 Å². The monoisotopic (exact) mass is 288 g/mol. The van der Waals surface area contributed by atoms with Gasteiger partial charge in [0.25, 0.3) is 0 Å². The third-order valence-corrected chi connectivity index (χ3v) is 3.84. The van der Waals surface area contributed by atoms with E-state index in [1.807, 2.05) is 24.3 Å². The molecule has 1 aliphatic rings. The Hall–Kier alpha value is -2.01. The van der Waals surface area contributed by atoms with Crippen molar-refractivity contribution in [3.05, 3.63) is 48.3 Å². The number of carbonyl (C=O) groups is 1. The SMILES string of the molecule is NC(CC(=O)N(Cc1ccco1)Cc1ccco1)C1CC1. The van der Waals surface area contributed by atoms with Crippen molar-refractivity contribution in [2.75, 3.05) is 0 Å². The number of carbonyl (C=O) groups excluding carboxylic acids is 1. The average Bonchev–Trinajstić information content (AvgIpc) is 2.97. The van der Waals surface area contributed by atoms with Crippen LogP contribution in [-0.4, -0.2) is 16.8 Å². The van der Waals surface area contributed by atoms with E-state index in [-0.39, 0.29) is 11.9 Å². The van der Waals surface area contributed by atoms with Gasteiger partial charge in [0.05, 0.1) is 25.6 Å². The number of hydrogen-bond donors (Lipinski definition) is 1. The first kappa shape index (κ1) is 13.9. The molecular formula is C16H20N2O3. The summed E-state index contributed by atoms with van der Waals surface area (Å²) in [5.74, 6) is 2.08. The molecule has 2 heterocycles. The zero-order valence-electron chi connectivity index (χ0n) is 11.9. The lowest BCUT2D eigenvalue weighted by molar-refractivity contribution is -0.133. The Morgan fingerprint density at radius 1 is 1.19 bits per heavy atom. The molecule has 0 spiro atoms. The van der Waals surface area contributed by atoms with E-state index in [1.54, 1.807) is 17.4 Å². The first-order chi connectivity index (χ1) is 10.2. The van der Waals surface area contributed by atoms with Gasteiger partial charge in [-0.1, -0.05) is 0 Å². The Kier molecular flexibility index (Phi) is 4.10. The topological polar surface area (TPSA) is 72.6 Å². The molecule has 1 fully saturated rings. The Morgan fingerprint density at radius 3 is 2.19 bits per heavy atom. The lowest BCUT2D eigenvalue weighted by atomic mass is 10.1. The van der Waals surface area contributed by atoms with E-state index in [0.717, 1.165) is 24.4 Å². The fraction of sp³-hybridized carbons (Fsp3) is 0.438. The summed E-state index contributed by atoms with van der Waals surface area (Å²) in [6, 6.07) is 7.34. The predicted octanol–water partition coefficient (Wildman–Crippen LogP) is 2.53. The maximum Gasteiger partial charge on any atom is 0.224 e. The summed E-state index contributed by atoms with van der Waals surface area (Å²) in [6.07, 6.45) is 5.89. The van der Waals surface area contributed by atoms with Gasteiger partial charge in [-0.3, -0.25) is 4.79 Å². The normalized spacial score (nSPS) is 15.9. The van der Waals surface area contributed by atoms with E-state index < -0.39 is 0 Å². The molecule has 1 saturated carbocycles. The molecule has 0 saturated heterocycles. The van der Waals surface area contributed by atoms with Crippen LogP contribution >= 0.6 is 0 Å². The molecule has 112 valence electrons. The predicted molar refractivity (Wildman–Crippen MR) is 77.0 cm³/mol. The fourth-order valence-electron chi connectivity index (χ4n) is 2.44. The van der Waals surface area contributed by atoms with Crippen molar-refractivity contribution >= 4 is 5.91 Å². The van der Waals surface area contributed by atoms with E-state index in [2.05, 4.69) is 0 Å². The Morgan fingerprint density at radius 2 is 1.76 bits per heavy atom. The molecule has 2 N–H and O–H groups in total. The second-order valence-corrected chi connectivity index (χ2v) is 5.61. The molecule has 5 heteroatoms. The van der Waals surface area contributed by atoms with E-state index in [4.69, 9.17) is 14.6 Å². The molecule has 1 amide bonds. The molecule has 1 unspecified atom stereocenters. The van der Waals surface area contributed by atoms with Gasteiger partial charge in [-0.2, -0.15) is 0 Å². The van der Waals surface area contributed by atoms with Crippen LogP contribution in [0.1, 0.15) is 30.8 Å². The lowest BCUT2D eigenvalue weighted by Crippen LogP contribution is -2.36. The first-order valence-electron chi connectivity index (χ1n) is 7.30. The third kappa shape index (κ3) is 3.76. The van der Waals surface area contributed by atoms with E-state index in [0.29, 0.717) is 25.4 Å². The summed E-state index contributed by atoms with van der Waals surface area (Å²) in [6.45, 7) is 0.869. The fourth-order valence-corrected chi connectivity index (χ4v) is 2.44. The minimum Gasteiger partial charge on any atom is -0.467 e. The minimum atomic E-state index is -0.0341. The van der Waals surface area contributed by atoms with Crippen LogP contribution in [-0.2, 0) is 17.9 Å². The van der Waals surface area contributed by atoms with Crippen molar-refractivity contribution in [1.29, 1.82) is 0 Å². The van der Waals surface area contributed by atoms with Gasteiger partial charge in [-0.15, -0.1) is 0 Å². The van der Waals surface area contributed by atoms with Gasteiger partial charge in [0.2, 0.25) is 5.91 Å². The van der Waals surface area contributed by atoms with Crippen LogP contribution in [0.3, 0.4) is 0 Å². The summed E-state index contributed by atoms with van der Waals surface area (Å²) in [5, 5.41) is 0. The lowest BCUT2D eigenvalue weighted by Gasteiger charge is -2.22. The van der Waals surface area contributed by atoms with Crippen molar-refractivity contribution in [1.82, 2.24) is 4.90 Å². The van der Waals surface area contributed by atoms with Crippen LogP contribution in [0.15, 0.2) is 45.6 Å². The van der Waals surface area contributed by atoms with Gasteiger partial charge in [0.1, 0.15) is 11.5 Å². The first-order valence-corrected chi connectivity index (χ1v) is 7.30. The highest BCUT2D eigenvalue weighted by atomic mass is 16.3. The van der Waals surface area contributed by atoms with Gasteiger partial charge in [0.15, 0.2) is 0 Å². The molecule has 2 aromatic heterocycles. The number of nitrogens with two attached hydrogens (primary N) is 1. The molecule has 0 bridgehead atoms. The van der Waals surface area contributed by atoms with E-state index in [1.165, 1.54) is 0 Å². The van der Waals surface area contributed by atoms with Gasteiger partial charge in [0, 0.05) is 12.5 Å². The van der Waals surface area contributed by atoms with Crippen molar-refractivity contribution in [3.63, 3.8) is 0 Å². The number of nitrogens with zero attached hydrogens (tertiary/aromatic N) is 1. The largest absolute Gasteiger partial charge is 0.467 e. The summed E-state index contributed by atoms with van der Waals surface area (Å²) in [4.78, 5) is 14.2. The molecule has 1 aliphatic carbocycles. The van der Waals surface area contributed by atoms with Crippen LogP contribution in [0.2, 0.25) is 0 Å². The third-order valence-electron chi connectivity index (χ3n) is 3.84. The van der Waals surface area contributed by atoms with Crippen LogP contribution in [0.5, 0.6) is 0 Å². The van der Waals surface area contributed by atoms with E-state index in [9.17, 15) is 4.79 Å². The number of rotatable bonds is 7. The zero-order chi connectivity index (χ0) is 14.7. The second-order valence-electron chi connectivity index (χ2n) is 5.61. The van der Waals surface area contributed by atoms with Crippen molar-refractivity contribution < 1.29 is 13.6 Å². The highest BCUT2D eigenvalue weighted by Crippen LogP contribution is 2.33. The molecule has 1 atom stereocenters. The smallest absolute Gasteiger partial charge is 0.224 e. The molecule has 2 aromatic rings. The summed E-state index contributed by atoms with van der Waals surface area (Å²) in [7, 11) is 0. The number of furan rings is 2. The van der Waals surface area contributed by atoms with Gasteiger partial charge in [-0.25, -0.2) is 0 Å². The molecule has 0 aliphatic heterocycles. The van der Waals surface area contributed by atoms with Crippen molar-refractivity contribution in [2.24, 2.45) is 11.7 Å². The van der Waals surface area contributed by atoms with Crippen molar-refractivity contribution in [3.8, 4) is 0 Å². The minimum absolute atomic E-state index is 0.0341. The Balaban J connectivity index is 1.66. The highest BCUT2D eigenvalue weighted by molar-refractivity contribution is 5.76. The van der Waals surface area contributed by atoms with Gasteiger partial charge < -0.3 is 19.5 Å². The van der Waals surface area contributed by atoms with Crippen LogP contribution in [0.4, 0.5) is 0 Å². The quantitative estimate of drug-likeness (QED) is 0.849. The molecule has 3 rings (SSSR count). The van der Waals surface area contributed by atoms with E-state index >= 15 is 0 Å². The average molecular weight is 288 g/mol. The summed E-state index contributed by atoms with van der Waals surface area (Å²) in [5.41, 5.74) is 6.07. The Bertz CT molecular complexity index is 522. The summed E-state index contributed by atoms with van der Waals surface area (Å²) < 4.78 is 10.7. The molecule has 0 aromatic carbocycles. The molecule has 0 radical (unpaired) electrons. The van der Waals surface area contributed by atoms with Crippen LogP contribution in [0.25, 0.3) is 0 Å². The van der Waals surface area contributed by atoms with Crippen molar-refractivity contribution in [2.45, 2.75) is 38.4 Å². The number of amides is 1.